The zero-order chi connectivity index (χ0) is 32.7. The van der Waals surface area contributed by atoms with Crippen LogP contribution in [0.25, 0.3) is 0 Å². The smallest absolute Gasteiger partial charge is 0.236 e. The molecule has 3 atom stereocenters. The normalized spacial score (nSPS) is 12.3. The van der Waals surface area contributed by atoms with Gasteiger partial charge in [-0.1, -0.05) is 25.8 Å². The van der Waals surface area contributed by atoms with Crippen molar-refractivity contribution in [3.8, 4) is 5.75 Å². The number of amides is 1. The van der Waals surface area contributed by atoms with Crippen molar-refractivity contribution < 1.29 is 19.1 Å². The van der Waals surface area contributed by atoms with Gasteiger partial charge in [0.25, 0.3) is 0 Å². The molecule has 11 N–H and O–H groups in total. The molecule has 15 heteroatoms. The van der Waals surface area contributed by atoms with Gasteiger partial charge in [0.2, 0.25) is 5.91 Å². The lowest BCUT2D eigenvalue weighted by atomic mass is 10.00. The van der Waals surface area contributed by atoms with Crippen LogP contribution in [0.5, 0.6) is 5.75 Å². The molecule has 0 saturated carbocycles. The highest BCUT2D eigenvalue weighted by atomic mass is 32.1. The summed E-state index contributed by atoms with van der Waals surface area (Å²) >= 11 is 4.36. The molecule has 0 aliphatic carbocycles. The van der Waals surface area contributed by atoms with Gasteiger partial charge in [-0.05, 0) is 87.5 Å². The highest BCUT2D eigenvalue weighted by Gasteiger charge is 2.16. The number of nitrogens with two attached hydrogens (primary N) is 5. The minimum atomic E-state index is -0.585. The molecule has 0 radical (unpaired) electrons. The number of nitrogens with zero attached hydrogens (tertiary/aromatic N) is 1. The lowest BCUT2D eigenvalue weighted by molar-refractivity contribution is -0.123. The summed E-state index contributed by atoms with van der Waals surface area (Å²) in [5.74, 6) is 1.48. The monoisotopic (exact) mass is 737 g/mol. The van der Waals surface area contributed by atoms with Gasteiger partial charge < -0.3 is 38.7 Å². The van der Waals surface area contributed by atoms with Crippen LogP contribution < -0.4 is 38.7 Å². The molecule has 1 rings (SSSR count). The van der Waals surface area contributed by atoms with Gasteiger partial charge >= 0.3 is 0 Å². The van der Waals surface area contributed by atoms with Crippen LogP contribution in [0.4, 0.5) is 0 Å². The Kier molecular flexibility index (Phi) is 32.2. The third-order valence-electron chi connectivity index (χ3n) is 7.63. The third-order valence-corrected chi connectivity index (χ3v) is 7.97. The molecule has 1 amide bonds. The molecular weight excluding hydrogens is 675 g/mol. The zero-order valence-corrected chi connectivity index (χ0v) is 32.0. The molecule has 0 aromatic heterocycles. The lowest BCUT2D eigenvalue weighted by Gasteiger charge is -2.14. The van der Waals surface area contributed by atoms with Crippen molar-refractivity contribution in [3.63, 3.8) is 0 Å². The Hall–Kier alpha value is -1.62. The maximum absolute atomic E-state index is 12.4. The number of aryl methyl sites for hydroxylation is 1. The number of benzene rings is 1. The highest BCUT2D eigenvalue weighted by Crippen LogP contribution is 2.20. The van der Waals surface area contributed by atoms with Crippen LogP contribution >= 0.6 is 53.1 Å². The van der Waals surface area contributed by atoms with Crippen LogP contribution in [-0.2, 0) is 26.6 Å². The molecule has 0 aliphatic rings. The zero-order valence-electron chi connectivity index (χ0n) is 28.1. The van der Waals surface area contributed by atoms with Gasteiger partial charge in [-0.3, -0.25) is 19.4 Å². The molecule has 0 heterocycles. The average molecular weight is 738 g/mol. The minimum absolute atomic E-state index is 0. The quantitative estimate of drug-likeness (QED) is 0.0322. The number of hydrogen-bond donors (Lipinski definition) is 7. The number of carbonyl (C=O) groups excluding carboxylic acids is 3. The van der Waals surface area contributed by atoms with Crippen molar-refractivity contribution in [2.75, 3.05) is 19.7 Å². The second-order valence-electron chi connectivity index (χ2n) is 11.3. The molecule has 0 saturated heterocycles. The van der Waals surface area contributed by atoms with E-state index in [0.29, 0.717) is 64.0 Å². The Balaban J connectivity index is -0.00000645. The third kappa shape index (κ3) is 23.4. The molecular formula is C32H63N7O4S4. The predicted molar refractivity (Wildman–Crippen MR) is 213 cm³/mol. The van der Waals surface area contributed by atoms with Gasteiger partial charge in [0.05, 0.1) is 24.7 Å². The van der Waals surface area contributed by atoms with Crippen molar-refractivity contribution in [1.82, 2.24) is 5.32 Å². The van der Waals surface area contributed by atoms with E-state index >= 15 is 0 Å². The molecule has 0 unspecified atom stereocenters. The topological polar surface area (TPSA) is 215 Å². The second kappa shape index (κ2) is 30.4. The number of nitrogens with one attached hydrogen (secondary N) is 1. The van der Waals surface area contributed by atoms with Crippen molar-refractivity contribution in [2.24, 2.45) is 33.7 Å². The van der Waals surface area contributed by atoms with Crippen LogP contribution in [0, 0.1) is 0 Å². The fourth-order valence-corrected chi connectivity index (χ4v) is 5.10. The summed E-state index contributed by atoms with van der Waals surface area (Å²) in [6.07, 6.45) is 9.44. The number of Topliss-reactive ketones (excluding diaryl/α,β-unsaturated/α-hetero) is 2. The van der Waals surface area contributed by atoms with E-state index in [9.17, 15) is 14.4 Å². The van der Waals surface area contributed by atoms with Gasteiger partial charge in [-0.2, -0.15) is 53.1 Å². The Morgan fingerprint density at radius 3 is 1.96 bits per heavy atom. The summed E-state index contributed by atoms with van der Waals surface area (Å²) in [4.78, 5) is 40.8. The maximum atomic E-state index is 12.4. The van der Waals surface area contributed by atoms with Gasteiger partial charge in [0.1, 0.15) is 17.3 Å². The maximum Gasteiger partial charge on any atom is 0.236 e. The van der Waals surface area contributed by atoms with Crippen molar-refractivity contribution in [1.29, 1.82) is 0 Å². The summed E-state index contributed by atoms with van der Waals surface area (Å²) in [5, 5.41) is 2.86. The summed E-state index contributed by atoms with van der Waals surface area (Å²) < 4.78 is 5.82. The number of thiol groups is 1. The van der Waals surface area contributed by atoms with E-state index in [1.165, 1.54) is 11.1 Å². The van der Waals surface area contributed by atoms with Gasteiger partial charge in [-0.25, -0.2) is 0 Å². The molecule has 0 fully saturated rings. The number of aliphatic imine (C=N–C) groups is 1. The van der Waals surface area contributed by atoms with Gasteiger partial charge in [-0.15, -0.1) is 0 Å². The summed E-state index contributed by atoms with van der Waals surface area (Å²) in [6, 6.07) is 4.46. The predicted octanol–water partition coefficient (Wildman–Crippen LogP) is 2.98. The first-order valence-corrected chi connectivity index (χ1v) is 16.7. The molecule has 0 bridgehead atoms. The lowest BCUT2D eigenvalue weighted by Crippen LogP contribution is -2.41. The van der Waals surface area contributed by atoms with Crippen molar-refractivity contribution >= 4 is 76.5 Å². The molecule has 0 aliphatic heterocycles. The number of unbranched alkanes of at least 4 members (excludes halogenated alkanes) is 4. The number of carbonyl (C=O) groups is 3. The van der Waals surface area contributed by atoms with E-state index in [-0.39, 0.29) is 63.9 Å². The molecule has 274 valence electrons. The van der Waals surface area contributed by atoms with Crippen LogP contribution in [0.2, 0.25) is 0 Å². The van der Waals surface area contributed by atoms with E-state index in [1.54, 1.807) is 0 Å². The average Bonchev–Trinajstić information content (AvgIpc) is 3.01. The van der Waals surface area contributed by atoms with Crippen LogP contribution in [0.1, 0.15) is 102 Å². The minimum Gasteiger partial charge on any atom is -0.494 e. The Morgan fingerprint density at radius 1 is 0.787 bits per heavy atom. The first-order valence-electron chi connectivity index (χ1n) is 16.1. The van der Waals surface area contributed by atoms with Crippen LogP contribution in [0.15, 0.2) is 23.2 Å². The molecule has 1 aromatic rings. The number of rotatable bonds is 26. The number of guanidine groups is 1. The van der Waals surface area contributed by atoms with Crippen LogP contribution in [-0.4, -0.2) is 61.3 Å². The number of ether oxygens (including phenoxy) is 1. The Morgan fingerprint density at radius 2 is 1.36 bits per heavy atom. The second-order valence-corrected chi connectivity index (χ2v) is 11.7. The molecule has 47 heavy (non-hydrogen) atoms. The molecule has 0 spiro atoms. The van der Waals surface area contributed by atoms with Crippen molar-refractivity contribution in [2.45, 2.75) is 121 Å². The first-order chi connectivity index (χ1) is 21.1. The van der Waals surface area contributed by atoms with E-state index in [0.717, 1.165) is 57.1 Å². The van der Waals surface area contributed by atoms with Crippen LogP contribution in [0.3, 0.4) is 0 Å². The largest absolute Gasteiger partial charge is 0.494 e. The van der Waals surface area contributed by atoms with Crippen molar-refractivity contribution in [3.05, 3.63) is 29.3 Å². The fourth-order valence-electron chi connectivity index (χ4n) is 4.79. The molecule has 1 aromatic carbocycles. The van der Waals surface area contributed by atoms with Gasteiger partial charge in [0, 0.05) is 31.7 Å². The van der Waals surface area contributed by atoms with Gasteiger partial charge in [0.15, 0.2) is 5.96 Å². The standard InChI is InChI=1S/C32H57N7O4S.3H2S/c1-2-23-21-25(17-16-24(23)22-44)43-20-10-15-30(41)27(34)11-6-8-18-38-31(42)28(35)13-4-3-5-14-29(40)26(33)12-7-9-19-39-32(36)37;;;/h16-17,21,26-28,44H,2-15,18-20,22,33-35H2,1H3,(H,38,42)(H4,36,37,39);3*1H2/t26-,27-,28-;;;/m0.../s1. The first kappa shape index (κ1) is 49.8. The summed E-state index contributed by atoms with van der Waals surface area (Å²) in [7, 11) is 0. The Labute approximate surface area is 308 Å². The Bertz CT molecular complexity index is 1030. The number of hydrogen-bond acceptors (Lipinski definition) is 9. The van der Waals surface area contributed by atoms with E-state index in [2.05, 4.69) is 29.9 Å². The summed E-state index contributed by atoms with van der Waals surface area (Å²) in [5.41, 5.74) is 31.1. The molecule has 11 nitrogen and oxygen atoms in total. The SMILES string of the molecule is CCc1cc(OCCCC(=O)[C@@H](N)CCCCNC(=O)[C@@H](N)CCCCCC(=O)[C@@H](N)CCCCN=C(N)N)ccc1CS.S.S.S. The summed E-state index contributed by atoms with van der Waals surface area (Å²) in [6.45, 7) is 3.60. The number of ketones is 2. The fraction of sp³-hybridized carbons (Fsp3) is 0.688. The van der Waals surface area contributed by atoms with E-state index < -0.39 is 18.1 Å². The van der Waals surface area contributed by atoms with E-state index in [1.807, 2.05) is 18.2 Å². The highest BCUT2D eigenvalue weighted by molar-refractivity contribution is 7.79. The van der Waals surface area contributed by atoms with E-state index in [4.69, 9.17) is 33.4 Å².